The van der Waals surface area contributed by atoms with Crippen LogP contribution in [0.2, 0.25) is 0 Å². The molecule has 0 aromatic heterocycles. The summed E-state index contributed by atoms with van der Waals surface area (Å²) >= 11 is 3.59. The lowest BCUT2D eigenvalue weighted by atomic mass is 9.70. The zero-order valence-corrected chi connectivity index (χ0v) is 12.2. The molecule has 1 N–H and O–H groups in total. The van der Waals surface area contributed by atoms with Gasteiger partial charge in [0.2, 0.25) is 6.79 Å². The van der Waals surface area contributed by atoms with Crippen molar-refractivity contribution in [1.29, 1.82) is 0 Å². The lowest BCUT2D eigenvalue weighted by Crippen LogP contribution is -2.37. The highest BCUT2D eigenvalue weighted by Crippen LogP contribution is 2.40. The van der Waals surface area contributed by atoms with Gasteiger partial charge < -0.3 is 14.8 Å². The number of hydrogen-bond acceptors (Lipinski definition) is 3. The number of hydrogen-bond donors (Lipinski definition) is 1. The van der Waals surface area contributed by atoms with Crippen molar-refractivity contribution in [2.24, 2.45) is 5.41 Å². The van der Waals surface area contributed by atoms with Gasteiger partial charge in [-0.25, -0.2) is 0 Å². The number of rotatable bonds is 4. The monoisotopic (exact) mass is 311 g/mol. The van der Waals surface area contributed by atoms with Gasteiger partial charge in [-0.3, -0.25) is 0 Å². The van der Waals surface area contributed by atoms with Crippen molar-refractivity contribution in [1.82, 2.24) is 5.32 Å². The van der Waals surface area contributed by atoms with Gasteiger partial charge >= 0.3 is 0 Å². The largest absolute Gasteiger partial charge is 0.454 e. The lowest BCUT2D eigenvalue weighted by molar-refractivity contribution is 0.156. The van der Waals surface area contributed by atoms with E-state index < -0.39 is 0 Å². The topological polar surface area (TPSA) is 30.5 Å². The van der Waals surface area contributed by atoms with Crippen LogP contribution >= 0.6 is 15.9 Å². The Bertz CT molecular complexity index is 457. The number of nitrogens with one attached hydrogen (secondary N) is 1. The fourth-order valence-electron chi connectivity index (χ4n) is 2.55. The van der Waals surface area contributed by atoms with Crippen molar-refractivity contribution >= 4 is 15.9 Å². The Morgan fingerprint density at radius 3 is 2.67 bits per heavy atom. The lowest BCUT2D eigenvalue weighted by Gasteiger charge is -2.38. The number of benzene rings is 1. The van der Waals surface area contributed by atoms with Crippen LogP contribution in [0.3, 0.4) is 0 Å². The van der Waals surface area contributed by atoms with Gasteiger partial charge in [0.1, 0.15) is 0 Å². The molecule has 1 saturated carbocycles. The Hall–Kier alpha value is -0.740. The molecule has 3 nitrogen and oxygen atoms in total. The highest BCUT2D eigenvalue weighted by molar-refractivity contribution is 9.10. The molecule has 0 radical (unpaired) electrons. The summed E-state index contributed by atoms with van der Waals surface area (Å²) in [7, 11) is 0. The normalized spacial score (nSPS) is 19.7. The Morgan fingerprint density at radius 1 is 1.28 bits per heavy atom. The molecule has 1 aromatic rings. The predicted octanol–water partition coefficient (Wildman–Crippen LogP) is 3.46. The Kier molecular flexibility index (Phi) is 3.24. The zero-order valence-electron chi connectivity index (χ0n) is 10.6. The molecule has 0 amide bonds. The first-order chi connectivity index (χ1) is 8.66. The minimum atomic E-state index is 0.330. The van der Waals surface area contributed by atoms with Gasteiger partial charge in [0.15, 0.2) is 11.5 Å². The first kappa shape index (κ1) is 12.3. The fraction of sp³-hybridized carbons (Fsp3) is 0.571. The highest BCUT2D eigenvalue weighted by atomic mass is 79.9. The third kappa shape index (κ3) is 2.36. The van der Waals surface area contributed by atoms with E-state index in [9.17, 15) is 0 Å². The first-order valence-electron chi connectivity index (χ1n) is 6.45. The molecule has 1 fully saturated rings. The second-order valence-corrected chi connectivity index (χ2v) is 6.42. The van der Waals surface area contributed by atoms with Crippen molar-refractivity contribution in [3.63, 3.8) is 0 Å². The number of fused-ring (bicyclic) bond motifs is 1. The van der Waals surface area contributed by atoms with Crippen LogP contribution in [0.5, 0.6) is 11.5 Å². The molecule has 98 valence electrons. The molecule has 0 atom stereocenters. The van der Waals surface area contributed by atoms with E-state index in [2.05, 4.69) is 34.2 Å². The van der Waals surface area contributed by atoms with Crippen molar-refractivity contribution in [2.45, 2.75) is 32.7 Å². The van der Waals surface area contributed by atoms with Crippen LogP contribution in [-0.2, 0) is 6.54 Å². The predicted molar refractivity (Wildman–Crippen MR) is 73.9 cm³/mol. The molecule has 1 heterocycles. The molecule has 4 heteroatoms. The van der Waals surface area contributed by atoms with Crippen LogP contribution in [0.25, 0.3) is 0 Å². The highest BCUT2D eigenvalue weighted by Gasteiger charge is 2.31. The Labute approximate surface area is 116 Å². The molecule has 2 aliphatic rings. The van der Waals surface area contributed by atoms with Gasteiger partial charge in [0.25, 0.3) is 0 Å². The Morgan fingerprint density at radius 2 is 2.00 bits per heavy atom. The molecule has 3 rings (SSSR count). The van der Waals surface area contributed by atoms with Gasteiger partial charge in [-0.15, -0.1) is 0 Å². The van der Waals surface area contributed by atoms with Gasteiger partial charge in [-0.05, 0) is 36.0 Å². The van der Waals surface area contributed by atoms with Gasteiger partial charge in [-0.1, -0.05) is 29.3 Å². The molecular weight excluding hydrogens is 294 g/mol. The standard InChI is InChI=1S/C14H18BrNO2/c1-14(3-2-4-14)8-16-7-10-5-12-13(6-11(10)15)18-9-17-12/h5-6,16H,2-4,7-9H2,1H3. The smallest absolute Gasteiger partial charge is 0.231 e. The van der Waals surface area contributed by atoms with Crippen LogP contribution < -0.4 is 14.8 Å². The molecule has 1 aliphatic carbocycles. The fourth-order valence-corrected chi connectivity index (χ4v) is 3.01. The number of ether oxygens (including phenoxy) is 2. The number of halogens is 1. The van der Waals surface area contributed by atoms with Crippen LogP contribution in [0.15, 0.2) is 16.6 Å². The van der Waals surface area contributed by atoms with E-state index in [1.807, 2.05) is 6.07 Å². The summed E-state index contributed by atoms with van der Waals surface area (Å²) in [6, 6.07) is 4.05. The average Bonchev–Trinajstić information content (AvgIpc) is 2.74. The maximum absolute atomic E-state index is 5.40. The molecule has 1 aromatic carbocycles. The maximum atomic E-state index is 5.40. The molecule has 0 bridgehead atoms. The molecule has 0 saturated heterocycles. The minimum absolute atomic E-state index is 0.330. The SMILES string of the molecule is CC1(CNCc2cc3c(cc2Br)OCO3)CCC1. The second-order valence-electron chi connectivity index (χ2n) is 5.56. The zero-order chi connectivity index (χ0) is 12.6. The minimum Gasteiger partial charge on any atom is -0.454 e. The van der Waals surface area contributed by atoms with Crippen LogP contribution in [0.1, 0.15) is 31.7 Å². The van der Waals surface area contributed by atoms with Crippen LogP contribution in [0.4, 0.5) is 0 Å². The molecule has 18 heavy (non-hydrogen) atoms. The maximum Gasteiger partial charge on any atom is 0.231 e. The summed E-state index contributed by atoms with van der Waals surface area (Å²) in [5.74, 6) is 1.68. The van der Waals surface area contributed by atoms with Crippen molar-refractivity contribution in [3.8, 4) is 11.5 Å². The van der Waals surface area contributed by atoms with Gasteiger partial charge in [0.05, 0.1) is 0 Å². The molecule has 1 aliphatic heterocycles. The van der Waals surface area contributed by atoms with E-state index in [4.69, 9.17) is 9.47 Å². The van der Waals surface area contributed by atoms with E-state index in [0.717, 1.165) is 29.1 Å². The van der Waals surface area contributed by atoms with E-state index in [-0.39, 0.29) is 0 Å². The molecule has 0 unspecified atom stereocenters. The third-order valence-corrected chi connectivity index (χ3v) is 4.71. The van der Waals surface area contributed by atoms with E-state index in [1.165, 1.54) is 24.8 Å². The van der Waals surface area contributed by atoms with Crippen LogP contribution in [-0.4, -0.2) is 13.3 Å². The van der Waals surface area contributed by atoms with E-state index in [0.29, 0.717) is 12.2 Å². The second kappa shape index (κ2) is 4.74. The summed E-state index contributed by atoms with van der Waals surface area (Å²) in [5, 5.41) is 3.55. The average molecular weight is 312 g/mol. The quantitative estimate of drug-likeness (QED) is 0.923. The summed E-state index contributed by atoms with van der Waals surface area (Å²) in [6.07, 6.45) is 4.08. The van der Waals surface area contributed by atoms with E-state index in [1.54, 1.807) is 0 Å². The summed E-state index contributed by atoms with van der Waals surface area (Å²) < 4.78 is 11.8. The van der Waals surface area contributed by atoms with Crippen molar-refractivity contribution in [2.75, 3.05) is 13.3 Å². The van der Waals surface area contributed by atoms with Gasteiger partial charge in [0, 0.05) is 17.6 Å². The van der Waals surface area contributed by atoms with Crippen LogP contribution in [0, 0.1) is 5.41 Å². The summed E-state index contributed by atoms with van der Waals surface area (Å²) in [5.41, 5.74) is 1.74. The molecular formula is C14H18BrNO2. The summed E-state index contributed by atoms with van der Waals surface area (Å²) in [4.78, 5) is 0. The molecule has 0 spiro atoms. The van der Waals surface area contributed by atoms with Gasteiger partial charge in [-0.2, -0.15) is 0 Å². The van der Waals surface area contributed by atoms with Crippen molar-refractivity contribution < 1.29 is 9.47 Å². The van der Waals surface area contributed by atoms with Crippen molar-refractivity contribution in [3.05, 3.63) is 22.2 Å². The summed E-state index contributed by atoms with van der Waals surface area (Å²) in [6.45, 7) is 4.65. The Balaban J connectivity index is 1.62. The third-order valence-electron chi connectivity index (χ3n) is 3.97. The van der Waals surface area contributed by atoms with E-state index >= 15 is 0 Å². The first-order valence-corrected chi connectivity index (χ1v) is 7.24.